The summed E-state index contributed by atoms with van der Waals surface area (Å²) in [5.41, 5.74) is 0. The van der Waals surface area contributed by atoms with Crippen molar-refractivity contribution in [2.45, 2.75) is 44.4 Å². The largest absolute Gasteiger partial charge is 0.392 e. The number of Topliss-reactive ketones (excluding diaryl/α,β-unsaturated/α-hetero) is 1. The van der Waals surface area contributed by atoms with Crippen LogP contribution in [0.3, 0.4) is 0 Å². The van der Waals surface area contributed by atoms with Crippen molar-refractivity contribution in [3.63, 3.8) is 0 Å². The average molecular weight is 213 g/mol. The maximum absolute atomic E-state index is 11.3. The van der Waals surface area contributed by atoms with Gasteiger partial charge in [-0.25, -0.2) is 0 Å². The van der Waals surface area contributed by atoms with E-state index in [1.807, 2.05) is 4.90 Å². The molecule has 1 aliphatic carbocycles. The van der Waals surface area contributed by atoms with Crippen LogP contribution in [0.25, 0.3) is 0 Å². The number of carbonyl (C=O) groups excluding carboxylic acids is 1. The first-order valence-corrected chi connectivity index (χ1v) is 5.78. The van der Waals surface area contributed by atoms with E-state index in [0.717, 1.165) is 25.8 Å². The second-order valence-electron chi connectivity index (χ2n) is 4.65. The zero-order valence-corrected chi connectivity index (χ0v) is 8.93. The summed E-state index contributed by atoms with van der Waals surface area (Å²) in [7, 11) is 0. The van der Waals surface area contributed by atoms with Gasteiger partial charge in [0.2, 0.25) is 0 Å². The van der Waals surface area contributed by atoms with Crippen LogP contribution < -0.4 is 0 Å². The second-order valence-corrected chi connectivity index (χ2v) is 4.65. The summed E-state index contributed by atoms with van der Waals surface area (Å²) in [6.45, 7) is 0.633. The normalized spacial score (nSPS) is 34.9. The van der Waals surface area contributed by atoms with Gasteiger partial charge in [0.15, 0.2) is 0 Å². The number of aliphatic hydroxyl groups is 2. The number of rotatable bonds is 2. The van der Waals surface area contributed by atoms with Crippen LogP contribution in [0.5, 0.6) is 0 Å². The molecule has 2 fully saturated rings. The molecule has 0 aromatic rings. The first kappa shape index (κ1) is 11.0. The Morgan fingerprint density at radius 3 is 3.00 bits per heavy atom. The van der Waals surface area contributed by atoms with Crippen molar-refractivity contribution in [3.8, 4) is 0 Å². The standard InChI is InChI=1S/C11H19NO3/c13-7-11(15)12-5-1-2-8-6-9(14)3-4-10(8)12/h8,10-11,13,15H,1-7H2/t8-,10-,11?/m0/s1. The summed E-state index contributed by atoms with van der Waals surface area (Å²) >= 11 is 0. The third-order valence-electron chi connectivity index (χ3n) is 3.72. The lowest BCUT2D eigenvalue weighted by Crippen LogP contribution is -2.53. The molecule has 1 saturated carbocycles. The van der Waals surface area contributed by atoms with Gasteiger partial charge in [-0.15, -0.1) is 0 Å². The van der Waals surface area contributed by atoms with E-state index in [1.54, 1.807) is 0 Å². The molecule has 15 heavy (non-hydrogen) atoms. The van der Waals surface area contributed by atoms with Gasteiger partial charge in [-0.1, -0.05) is 0 Å². The van der Waals surface area contributed by atoms with Gasteiger partial charge in [-0.05, 0) is 25.2 Å². The molecule has 1 unspecified atom stereocenters. The smallest absolute Gasteiger partial charge is 0.133 e. The van der Waals surface area contributed by atoms with E-state index in [2.05, 4.69) is 0 Å². The lowest BCUT2D eigenvalue weighted by atomic mass is 9.77. The van der Waals surface area contributed by atoms with Crippen molar-refractivity contribution >= 4 is 5.78 Å². The summed E-state index contributed by atoms with van der Waals surface area (Å²) in [5, 5.41) is 18.6. The summed E-state index contributed by atoms with van der Waals surface area (Å²) in [6.07, 6.45) is 3.51. The van der Waals surface area contributed by atoms with Crippen LogP contribution in [-0.2, 0) is 4.79 Å². The molecule has 0 radical (unpaired) electrons. The predicted molar refractivity (Wildman–Crippen MR) is 55.2 cm³/mol. The molecule has 0 aromatic carbocycles. The van der Waals surface area contributed by atoms with Crippen molar-refractivity contribution in [1.29, 1.82) is 0 Å². The monoisotopic (exact) mass is 213 g/mol. The van der Waals surface area contributed by atoms with Crippen LogP contribution in [0.2, 0.25) is 0 Å². The highest BCUT2D eigenvalue weighted by Gasteiger charge is 2.38. The molecule has 1 aliphatic heterocycles. The van der Waals surface area contributed by atoms with Crippen molar-refractivity contribution in [2.75, 3.05) is 13.2 Å². The number of aliphatic hydroxyl groups excluding tert-OH is 2. The third kappa shape index (κ3) is 2.22. The van der Waals surface area contributed by atoms with E-state index >= 15 is 0 Å². The molecule has 4 nitrogen and oxygen atoms in total. The van der Waals surface area contributed by atoms with Crippen molar-refractivity contribution in [3.05, 3.63) is 0 Å². The van der Waals surface area contributed by atoms with Gasteiger partial charge in [0, 0.05) is 25.4 Å². The number of nitrogens with zero attached hydrogens (tertiary/aromatic N) is 1. The van der Waals surface area contributed by atoms with Gasteiger partial charge in [-0.3, -0.25) is 9.69 Å². The van der Waals surface area contributed by atoms with E-state index < -0.39 is 6.23 Å². The Balaban J connectivity index is 2.04. The molecule has 3 atom stereocenters. The Morgan fingerprint density at radius 1 is 1.47 bits per heavy atom. The molecule has 0 amide bonds. The van der Waals surface area contributed by atoms with Crippen molar-refractivity contribution < 1.29 is 15.0 Å². The Morgan fingerprint density at radius 2 is 2.27 bits per heavy atom. The molecule has 86 valence electrons. The minimum atomic E-state index is -0.744. The number of hydrogen-bond donors (Lipinski definition) is 2. The van der Waals surface area contributed by atoms with Gasteiger partial charge >= 0.3 is 0 Å². The zero-order valence-electron chi connectivity index (χ0n) is 8.93. The molecule has 1 saturated heterocycles. The van der Waals surface area contributed by atoms with Crippen LogP contribution in [0.15, 0.2) is 0 Å². The third-order valence-corrected chi connectivity index (χ3v) is 3.72. The van der Waals surface area contributed by atoms with Crippen molar-refractivity contribution in [1.82, 2.24) is 4.90 Å². The Hall–Kier alpha value is -0.450. The van der Waals surface area contributed by atoms with Crippen LogP contribution in [0.4, 0.5) is 0 Å². The lowest BCUT2D eigenvalue weighted by molar-refractivity contribution is -0.130. The molecule has 4 heteroatoms. The molecule has 2 aliphatic rings. The number of likely N-dealkylation sites (tertiary alicyclic amines) is 1. The fourth-order valence-electron chi connectivity index (χ4n) is 2.98. The number of hydrogen-bond acceptors (Lipinski definition) is 4. The first-order chi connectivity index (χ1) is 7.22. The van der Waals surface area contributed by atoms with E-state index in [1.165, 1.54) is 0 Å². The van der Waals surface area contributed by atoms with Gasteiger partial charge < -0.3 is 10.2 Å². The molecular formula is C11H19NO3. The SMILES string of the molecule is O=C1CC[C@H]2[C@@H](CCCN2C(O)CO)C1. The predicted octanol–water partition coefficient (Wildman–Crippen LogP) is 0.131. The molecule has 0 aromatic heterocycles. The zero-order chi connectivity index (χ0) is 10.8. The molecule has 2 N–H and O–H groups in total. The minimum absolute atomic E-state index is 0.211. The maximum atomic E-state index is 11.3. The summed E-state index contributed by atoms with van der Waals surface area (Å²) in [4.78, 5) is 13.3. The van der Waals surface area contributed by atoms with Gasteiger partial charge in [0.1, 0.15) is 12.0 Å². The lowest BCUT2D eigenvalue weighted by Gasteiger charge is -2.45. The van der Waals surface area contributed by atoms with Crippen LogP contribution in [0, 0.1) is 5.92 Å². The Bertz CT molecular complexity index is 244. The Kier molecular flexibility index (Phi) is 3.38. The maximum Gasteiger partial charge on any atom is 0.133 e. The van der Waals surface area contributed by atoms with Crippen LogP contribution in [0.1, 0.15) is 32.1 Å². The summed E-state index contributed by atoms with van der Waals surface area (Å²) < 4.78 is 0. The van der Waals surface area contributed by atoms with E-state index in [0.29, 0.717) is 30.6 Å². The van der Waals surface area contributed by atoms with E-state index in [4.69, 9.17) is 5.11 Å². The highest BCUT2D eigenvalue weighted by Crippen LogP contribution is 2.34. The quantitative estimate of drug-likeness (QED) is 0.684. The first-order valence-electron chi connectivity index (χ1n) is 5.78. The fraction of sp³-hybridized carbons (Fsp3) is 0.909. The number of piperidine rings is 1. The second kappa shape index (κ2) is 4.60. The Labute approximate surface area is 89.9 Å². The highest BCUT2D eigenvalue weighted by atomic mass is 16.3. The molecule has 1 heterocycles. The average Bonchev–Trinajstić information content (AvgIpc) is 2.26. The van der Waals surface area contributed by atoms with Crippen LogP contribution in [-0.4, -0.2) is 46.3 Å². The number of fused-ring (bicyclic) bond motifs is 1. The fourth-order valence-corrected chi connectivity index (χ4v) is 2.98. The van der Waals surface area contributed by atoms with Gasteiger partial charge in [0.05, 0.1) is 6.61 Å². The van der Waals surface area contributed by atoms with E-state index in [-0.39, 0.29) is 6.61 Å². The topological polar surface area (TPSA) is 60.8 Å². The summed E-state index contributed by atoms with van der Waals surface area (Å²) in [6, 6.07) is 0.304. The molecule has 0 spiro atoms. The molecular weight excluding hydrogens is 194 g/mol. The number of ketones is 1. The number of carbonyl (C=O) groups is 1. The van der Waals surface area contributed by atoms with Crippen LogP contribution >= 0.6 is 0 Å². The van der Waals surface area contributed by atoms with Crippen molar-refractivity contribution in [2.24, 2.45) is 5.92 Å². The molecule has 0 bridgehead atoms. The van der Waals surface area contributed by atoms with Gasteiger partial charge in [0.25, 0.3) is 0 Å². The van der Waals surface area contributed by atoms with Gasteiger partial charge in [-0.2, -0.15) is 0 Å². The minimum Gasteiger partial charge on any atom is -0.392 e. The molecule has 2 rings (SSSR count). The summed E-state index contributed by atoms with van der Waals surface area (Å²) in [5.74, 6) is 0.762. The van der Waals surface area contributed by atoms with E-state index in [9.17, 15) is 9.90 Å². The highest BCUT2D eigenvalue weighted by molar-refractivity contribution is 5.79.